The highest BCUT2D eigenvalue weighted by atomic mass is 16.6. The Morgan fingerprint density at radius 2 is 2.04 bits per heavy atom. The number of hydrogen-bond acceptors (Lipinski definition) is 7. The standard InChI is InChI=1S/C16H30N6O3/c1-15(2,3)25-14(23)22-9-8-21(13-18-12(17)19-20-13)10-11(22)6-7-16(4,5)24/h11,24H,6-10H2,1-5H3,(H3,17,18,19,20). The van der Waals surface area contributed by atoms with Crippen LogP contribution >= 0.6 is 0 Å². The maximum Gasteiger partial charge on any atom is 0.410 e. The maximum absolute atomic E-state index is 12.6. The number of nitrogen functional groups attached to an aromatic ring is 1. The molecular formula is C16H30N6O3. The largest absolute Gasteiger partial charge is 0.444 e. The molecule has 0 aliphatic carbocycles. The van der Waals surface area contributed by atoms with Gasteiger partial charge in [0, 0.05) is 19.6 Å². The summed E-state index contributed by atoms with van der Waals surface area (Å²) in [6, 6.07) is -0.102. The van der Waals surface area contributed by atoms with E-state index in [2.05, 4.69) is 15.2 Å². The van der Waals surface area contributed by atoms with E-state index in [1.807, 2.05) is 25.7 Å². The molecule has 1 atom stereocenters. The zero-order chi connectivity index (χ0) is 18.8. The van der Waals surface area contributed by atoms with Gasteiger partial charge in [-0.15, -0.1) is 5.10 Å². The number of carbonyl (C=O) groups excluding carboxylic acids is 1. The number of nitrogens with zero attached hydrogens (tertiary/aromatic N) is 4. The van der Waals surface area contributed by atoms with Gasteiger partial charge in [-0.05, 0) is 47.5 Å². The van der Waals surface area contributed by atoms with Crippen LogP contribution in [-0.2, 0) is 4.74 Å². The Kier molecular flexibility index (Phi) is 5.46. The number of piperazine rings is 1. The first-order valence-corrected chi connectivity index (χ1v) is 8.59. The zero-order valence-electron chi connectivity index (χ0n) is 15.7. The lowest BCUT2D eigenvalue weighted by Crippen LogP contribution is -2.56. The molecule has 1 aromatic heterocycles. The fraction of sp³-hybridized carbons (Fsp3) is 0.812. The first-order valence-electron chi connectivity index (χ1n) is 8.59. The van der Waals surface area contributed by atoms with Crippen LogP contribution in [0.4, 0.5) is 16.7 Å². The number of amides is 1. The van der Waals surface area contributed by atoms with Gasteiger partial charge >= 0.3 is 6.09 Å². The molecule has 142 valence electrons. The van der Waals surface area contributed by atoms with Crippen molar-refractivity contribution in [3.63, 3.8) is 0 Å². The van der Waals surface area contributed by atoms with Gasteiger partial charge in [0.15, 0.2) is 0 Å². The van der Waals surface area contributed by atoms with Gasteiger partial charge < -0.3 is 25.4 Å². The summed E-state index contributed by atoms with van der Waals surface area (Å²) in [5.74, 6) is 0.784. The van der Waals surface area contributed by atoms with E-state index < -0.39 is 11.2 Å². The molecule has 0 spiro atoms. The highest BCUT2D eigenvalue weighted by Crippen LogP contribution is 2.23. The molecule has 25 heavy (non-hydrogen) atoms. The molecule has 9 nitrogen and oxygen atoms in total. The van der Waals surface area contributed by atoms with Gasteiger partial charge in [0.05, 0.1) is 11.6 Å². The number of carbonyl (C=O) groups is 1. The lowest BCUT2D eigenvalue weighted by atomic mass is 9.97. The molecule has 2 heterocycles. The van der Waals surface area contributed by atoms with Crippen molar-refractivity contribution >= 4 is 18.0 Å². The van der Waals surface area contributed by atoms with Gasteiger partial charge in [-0.3, -0.25) is 0 Å². The molecule has 2 rings (SSSR count). The zero-order valence-corrected chi connectivity index (χ0v) is 15.7. The van der Waals surface area contributed by atoms with Gasteiger partial charge in [0.25, 0.3) is 0 Å². The average Bonchev–Trinajstić information content (AvgIpc) is 2.89. The second kappa shape index (κ2) is 7.07. The number of nitrogens with two attached hydrogens (primary N) is 1. The summed E-state index contributed by atoms with van der Waals surface area (Å²) in [5, 5.41) is 16.8. The van der Waals surface area contributed by atoms with Gasteiger partial charge in [-0.1, -0.05) is 0 Å². The summed E-state index contributed by atoms with van der Waals surface area (Å²) >= 11 is 0. The summed E-state index contributed by atoms with van der Waals surface area (Å²) in [5.41, 5.74) is 4.26. The summed E-state index contributed by atoms with van der Waals surface area (Å²) < 4.78 is 5.53. The molecule has 0 bridgehead atoms. The minimum Gasteiger partial charge on any atom is -0.444 e. The highest BCUT2D eigenvalue weighted by molar-refractivity contribution is 5.69. The Morgan fingerprint density at radius 1 is 1.36 bits per heavy atom. The van der Waals surface area contributed by atoms with Gasteiger partial charge in [0.1, 0.15) is 5.60 Å². The van der Waals surface area contributed by atoms with Crippen LogP contribution in [0.3, 0.4) is 0 Å². The molecule has 0 radical (unpaired) electrons. The average molecular weight is 354 g/mol. The number of aromatic amines is 1. The van der Waals surface area contributed by atoms with Crippen molar-refractivity contribution in [1.29, 1.82) is 0 Å². The number of hydrogen-bond donors (Lipinski definition) is 3. The van der Waals surface area contributed by atoms with Crippen molar-refractivity contribution in [3.05, 3.63) is 0 Å². The molecule has 1 amide bonds. The molecule has 1 aliphatic rings. The predicted octanol–water partition coefficient (Wildman–Crippen LogP) is 1.36. The van der Waals surface area contributed by atoms with Crippen LogP contribution in [0.2, 0.25) is 0 Å². The van der Waals surface area contributed by atoms with E-state index in [0.717, 1.165) is 0 Å². The Bertz CT molecular complexity index is 589. The molecule has 4 N–H and O–H groups in total. The summed E-state index contributed by atoms with van der Waals surface area (Å²) in [7, 11) is 0. The lowest BCUT2D eigenvalue weighted by Gasteiger charge is -2.42. The van der Waals surface area contributed by atoms with Crippen LogP contribution in [-0.4, -0.2) is 68.2 Å². The monoisotopic (exact) mass is 354 g/mol. The van der Waals surface area contributed by atoms with Crippen LogP contribution < -0.4 is 10.6 Å². The fourth-order valence-corrected chi connectivity index (χ4v) is 2.77. The SMILES string of the molecule is CC(C)(O)CCC1CN(c2n[nH]c(N)n2)CCN1C(=O)OC(C)(C)C. The second-order valence-corrected chi connectivity index (χ2v) is 8.15. The van der Waals surface area contributed by atoms with Gasteiger partial charge in [-0.2, -0.15) is 4.98 Å². The summed E-state index contributed by atoms with van der Waals surface area (Å²) in [6.45, 7) is 10.7. The molecular weight excluding hydrogens is 324 g/mol. The van der Waals surface area contributed by atoms with Crippen molar-refractivity contribution in [2.75, 3.05) is 30.3 Å². The van der Waals surface area contributed by atoms with E-state index in [-0.39, 0.29) is 18.1 Å². The van der Waals surface area contributed by atoms with Crippen LogP contribution in [0.5, 0.6) is 0 Å². The van der Waals surface area contributed by atoms with Crippen LogP contribution in [0.1, 0.15) is 47.5 Å². The number of aliphatic hydroxyl groups is 1. The predicted molar refractivity (Wildman–Crippen MR) is 95.3 cm³/mol. The third-order valence-corrected chi connectivity index (χ3v) is 3.97. The Balaban J connectivity index is 2.11. The van der Waals surface area contributed by atoms with E-state index >= 15 is 0 Å². The van der Waals surface area contributed by atoms with Gasteiger partial charge in [0.2, 0.25) is 11.9 Å². The van der Waals surface area contributed by atoms with Gasteiger partial charge in [-0.25, -0.2) is 9.89 Å². The van der Waals surface area contributed by atoms with Crippen LogP contribution in [0.15, 0.2) is 0 Å². The highest BCUT2D eigenvalue weighted by Gasteiger charge is 2.35. The van der Waals surface area contributed by atoms with E-state index in [9.17, 15) is 9.90 Å². The van der Waals surface area contributed by atoms with Crippen molar-refractivity contribution in [2.45, 2.75) is 64.7 Å². The lowest BCUT2D eigenvalue weighted by molar-refractivity contribution is 0.00735. The minimum atomic E-state index is -0.795. The second-order valence-electron chi connectivity index (χ2n) is 8.15. The summed E-state index contributed by atoms with van der Waals surface area (Å²) in [6.07, 6.45) is 0.891. The first kappa shape index (κ1) is 19.3. The van der Waals surface area contributed by atoms with E-state index in [0.29, 0.717) is 38.4 Å². The van der Waals surface area contributed by atoms with E-state index in [4.69, 9.17) is 10.5 Å². The molecule has 1 saturated heterocycles. The van der Waals surface area contributed by atoms with Crippen molar-refractivity contribution < 1.29 is 14.6 Å². The van der Waals surface area contributed by atoms with Crippen molar-refractivity contribution in [2.24, 2.45) is 0 Å². The third kappa shape index (κ3) is 5.77. The number of ether oxygens (including phenoxy) is 1. The number of H-pyrrole nitrogens is 1. The molecule has 0 saturated carbocycles. The molecule has 0 aromatic carbocycles. The quantitative estimate of drug-likeness (QED) is 0.746. The molecule has 1 unspecified atom stereocenters. The third-order valence-electron chi connectivity index (χ3n) is 3.97. The molecule has 1 aromatic rings. The Hall–Kier alpha value is -2.03. The Morgan fingerprint density at radius 3 is 2.56 bits per heavy atom. The number of rotatable bonds is 4. The number of anilines is 2. The van der Waals surface area contributed by atoms with E-state index in [1.165, 1.54) is 0 Å². The van der Waals surface area contributed by atoms with E-state index in [1.54, 1.807) is 18.7 Å². The minimum absolute atomic E-state index is 0.102. The smallest absolute Gasteiger partial charge is 0.410 e. The molecule has 1 fully saturated rings. The normalized spacial score (nSPS) is 19.2. The number of aromatic nitrogens is 3. The fourth-order valence-electron chi connectivity index (χ4n) is 2.77. The van der Waals surface area contributed by atoms with Crippen molar-refractivity contribution in [3.8, 4) is 0 Å². The first-order chi connectivity index (χ1) is 11.4. The Labute approximate surface area is 148 Å². The number of nitrogens with one attached hydrogen (secondary N) is 1. The summed E-state index contributed by atoms with van der Waals surface area (Å²) in [4.78, 5) is 20.4. The topological polar surface area (TPSA) is 121 Å². The molecule has 9 heteroatoms. The molecule has 1 aliphatic heterocycles. The van der Waals surface area contributed by atoms with Crippen LogP contribution in [0.25, 0.3) is 0 Å². The maximum atomic E-state index is 12.6. The van der Waals surface area contributed by atoms with Crippen molar-refractivity contribution in [1.82, 2.24) is 20.1 Å². The van der Waals surface area contributed by atoms with Crippen LogP contribution in [0, 0.1) is 0 Å².